The molecular formula is C13H17ClN2O3S. The Hall–Kier alpha value is -1.11. The minimum Gasteiger partial charge on any atom is -0.474 e. The Morgan fingerprint density at radius 2 is 2.30 bits per heavy atom. The normalized spacial score (nSPS) is 15.7. The van der Waals surface area contributed by atoms with Gasteiger partial charge in [-0.2, -0.15) is 0 Å². The second kappa shape index (κ2) is 6.56. The van der Waals surface area contributed by atoms with E-state index in [0.29, 0.717) is 5.88 Å². The SMILES string of the molecule is C=C(Cl)CS(=O)(=O)NCc1ccnc(OC2CCC2)c1. The van der Waals surface area contributed by atoms with Crippen LogP contribution in [-0.2, 0) is 16.6 Å². The Morgan fingerprint density at radius 3 is 2.90 bits per heavy atom. The maximum Gasteiger partial charge on any atom is 0.216 e. The summed E-state index contributed by atoms with van der Waals surface area (Å²) in [6.07, 6.45) is 5.14. The highest BCUT2D eigenvalue weighted by atomic mass is 35.5. The molecular weight excluding hydrogens is 300 g/mol. The topological polar surface area (TPSA) is 68.3 Å². The molecule has 0 saturated heterocycles. The summed E-state index contributed by atoms with van der Waals surface area (Å²) in [6, 6.07) is 3.49. The molecule has 1 aromatic rings. The third kappa shape index (κ3) is 4.77. The minimum absolute atomic E-state index is 0.0845. The van der Waals surface area contributed by atoms with E-state index in [1.54, 1.807) is 18.3 Å². The van der Waals surface area contributed by atoms with E-state index < -0.39 is 10.0 Å². The van der Waals surface area contributed by atoms with Gasteiger partial charge in [-0.1, -0.05) is 18.2 Å². The fourth-order valence-corrected chi connectivity index (χ4v) is 3.07. The highest BCUT2D eigenvalue weighted by Gasteiger charge is 2.19. The van der Waals surface area contributed by atoms with Crippen molar-refractivity contribution in [3.05, 3.63) is 35.5 Å². The number of hydrogen-bond acceptors (Lipinski definition) is 4. The summed E-state index contributed by atoms with van der Waals surface area (Å²) in [5.41, 5.74) is 0.790. The fourth-order valence-electron chi connectivity index (χ4n) is 1.73. The van der Waals surface area contributed by atoms with E-state index >= 15 is 0 Å². The van der Waals surface area contributed by atoms with E-state index in [0.717, 1.165) is 18.4 Å². The van der Waals surface area contributed by atoms with Gasteiger partial charge in [0.1, 0.15) is 6.10 Å². The Bertz CT molecular complexity index is 585. The van der Waals surface area contributed by atoms with Crippen molar-refractivity contribution in [2.75, 3.05) is 5.75 Å². The number of rotatable bonds is 7. The van der Waals surface area contributed by atoms with Crippen molar-refractivity contribution in [3.63, 3.8) is 0 Å². The van der Waals surface area contributed by atoms with Gasteiger partial charge in [-0.25, -0.2) is 18.1 Å². The van der Waals surface area contributed by atoms with Crippen LogP contribution >= 0.6 is 11.6 Å². The molecule has 5 nitrogen and oxygen atoms in total. The van der Waals surface area contributed by atoms with Crippen molar-refractivity contribution < 1.29 is 13.2 Å². The summed E-state index contributed by atoms with van der Waals surface area (Å²) in [6.45, 7) is 3.55. The Kier molecular flexibility index (Phi) is 5.01. The lowest BCUT2D eigenvalue weighted by Gasteiger charge is -2.25. The molecule has 1 fully saturated rings. The van der Waals surface area contributed by atoms with Gasteiger partial charge < -0.3 is 4.74 Å². The van der Waals surface area contributed by atoms with Crippen molar-refractivity contribution in [1.29, 1.82) is 0 Å². The summed E-state index contributed by atoms with van der Waals surface area (Å²) < 4.78 is 31.4. The van der Waals surface area contributed by atoms with Crippen LogP contribution in [0.4, 0.5) is 0 Å². The quantitative estimate of drug-likeness (QED) is 0.837. The molecule has 0 unspecified atom stereocenters. The van der Waals surface area contributed by atoms with Crippen molar-refractivity contribution in [1.82, 2.24) is 9.71 Å². The molecule has 0 amide bonds. The molecule has 0 spiro atoms. The van der Waals surface area contributed by atoms with Crippen LogP contribution in [0.2, 0.25) is 0 Å². The fraction of sp³-hybridized carbons (Fsp3) is 0.462. The van der Waals surface area contributed by atoms with Crippen LogP contribution in [0.3, 0.4) is 0 Å². The maximum absolute atomic E-state index is 11.6. The van der Waals surface area contributed by atoms with Crippen LogP contribution in [0.25, 0.3) is 0 Å². The molecule has 7 heteroatoms. The molecule has 2 rings (SSSR count). The molecule has 0 atom stereocenters. The molecule has 1 N–H and O–H groups in total. The lowest BCUT2D eigenvalue weighted by atomic mass is 9.96. The summed E-state index contributed by atoms with van der Waals surface area (Å²) in [4.78, 5) is 4.12. The van der Waals surface area contributed by atoms with Crippen molar-refractivity contribution in [3.8, 4) is 5.88 Å². The summed E-state index contributed by atoms with van der Waals surface area (Å²) in [5.74, 6) is 0.249. The summed E-state index contributed by atoms with van der Waals surface area (Å²) in [5, 5.41) is 0.0845. The van der Waals surface area contributed by atoms with Gasteiger partial charge >= 0.3 is 0 Å². The standard InChI is InChI=1S/C13H17ClN2O3S/c1-10(14)9-20(17,18)16-8-11-5-6-15-13(7-11)19-12-3-2-4-12/h5-7,12,16H,1-4,8-9H2. The first-order chi connectivity index (χ1) is 9.44. The van der Waals surface area contributed by atoms with E-state index in [1.165, 1.54) is 6.42 Å². The average molecular weight is 317 g/mol. The van der Waals surface area contributed by atoms with Crippen LogP contribution in [0.1, 0.15) is 24.8 Å². The van der Waals surface area contributed by atoms with Gasteiger partial charge in [-0.05, 0) is 30.9 Å². The number of halogens is 1. The number of hydrogen-bond donors (Lipinski definition) is 1. The van der Waals surface area contributed by atoms with Crippen LogP contribution in [0.15, 0.2) is 29.9 Å². The predicted octanol–water partition coefficient (Wildman–Crippen LogP) is 2.18. The molecule has 1 aliphatic carbocycles. The number of ether oxygens (including phenoxy) is 1. The number of nitrogens with zero attached hydrogens (tertiary/aromatic N) is 1. The van der Waals surface area contributed by atoms with Gasteiger partial charge in [0.25, 0.3) is 0 Å². The van der Waals surface area contributed by atoms with Crippen molar-refractivity contribution in [2.24, 2.45) is 0 Å². The zero-order valence-electron chi connectivity index (χ0n) is 11.0. The van der Waals surface area contributed by atoms with Crippen LogP contribution in [0.5, 0.6) is 5.88 Å². The Morgan fingerprint density at radius 1 is 1.55 bits per heavy atom. The molecule has 1 heterocycles. The minimum atomic E-state index is -3.45. The van der Waals surface area contributed by atoms with Gasteiger partial charge in [0.2, 0.25) is 15.9 Å². The molecule has 20 heavy (non-hydrogen) atoms. The molecule has 0 aliphatic heterocycles. The smallest absolute Gasteiger partial charge is 0.216 e. The number of sulfonamides is 1. The Labute approximate surface area is 124 Å². The molecule has 0 bridgehead atoms. The summed E-state index contributed by atoms with van der Waals surface area (Å²) >= 11 is 5.51. The van der Waals surface area contributed by atoms with Crippen molar-refractivity contribution in [2.45, 2.75) is 31.9 Å². The number of nitrogens with one attached hydrogen (secondary N) is 1. The predicted molar refractivity (Wildman–Crippen MR) is 78.1 cm³/mol. The van der Waals surface area contributed by atoms with E-state index in [4.69, 9.17) is 16.3 Å². The van der Waals surface area contributed by atoms with E-state index in [-0.39, 0.29) is 23.4 Å². The highest BCUT2D eigenvalue weighted by Crippen LogP contribution is 2.24. The average Bonchev–Trinajstić information content (AvgIpc) is 2.31. The molecule has 0 aromatic carbocycles. The first kappa shape index (κ1) is 15.3. The zero-order chi connectivity index (χ0) is 14.6. The third-order valence-electron chi connectivity index (χ3n) is 2.98. The zero-order valence-corrected chi connectivity index (χ0v) is 12.6. The third-order valence-corrected chi connectivity index (χ3v) is 4.59. The second-order valence-corrected chi connectivity index (χ2v) is 7.11. The van der Waals surface area contributed by atoms with Gasteiger partial charge in [-0.15, -0.1) is 0 Å². The van der Waals surface area contributed by atoms with Gasteiger partial charge in [0, 0.05) is 23.8 Å². The van der Waals surface area contributed by atoms with Crippen LogP contribution < -0.4 is 9.46 Å². The number of pyridine rings is 1. The van der Waals surface area contributed by atoms with E-state index in [9.17, 15) is 8.42 Å². The lowest BCUT2D eigenvalue weighted by Crippen LogP contribution is -2.26. The molecule has 1 aliphatic rings. The van der Waals surface area contributed by atoms with Gasteiger partial charge in [0.05, 0.1) is 5.75 Å². The monoisotopic (exact) mass is 316 g/mol. The molecule has 1 saturated carbocycles. The van der Waals surface area contributed by atoms with Gasteiger partial charge in [0.15, 0.2) is 0 Å². The largest absolute Gasteiger partial charge is 0.474 e. The second-order valence-electron chi connectivity index (χ2n) is 4.77. The van der Waals surface area contributed by atoms with Crippen LogP contribution in [0, 0.1) is 0 Å². The lowest BCUT2D eigenvalue weighted by molar-refractivity contribution is 0.114. The van der Waals surface area contributed by atoms with E-state index in [1.807, 2.05) is 0 Å². The Balaban J connectivity index is 1.92. The highest BCUT2D eigenvalue weighted by molar-refractivity contribution is 7.89. The first-order valence-corrected chi connectivity index (χ1v) is 8.40. The van der Waals surface area contributed by atoms with E-state index in [2.05, 4.69) is 16.3 Å². The molecule has 1 aromatic heterocycles. The van der Waals surface area contributed by atoms with Crippen LogP contribution in [-0.4, -0.2) is 25.3 Å². The maximum atomic E-state index is 11.6. The van der Waals surface area contributed by atoms with Crippen molar-refractivity contribution >= 4 is 21.6 Å². The summed E-state index contributed by atoms with van der Waals surface area (Å²) in [7, 11) is -3.45. The number of aromatic nitrogens is 1. The van der Waals surface area contributed by atoms with Gasteiger partial charge in [-0.3, -0.25) is 0 Å². The molecule has 0 radical (unpaired) electrons. The molecule has 110 valence electrons. The first-order valence-electron chi connectivity index (χ1n) is 6.37.